The van der Waals surface area contributed by atoms with Gasteiger partial charge in [-0.2, -0.15) is 0 Å². The van der Waals surface area contributed by atoms with Crippen LogP contribution in [-0.4, -0.2) is 41.4 Å². The predicted molar refractivity (Wildman–Crippen MR) is 204 cm³/mol. The van der Waals surface area contributed by atoms with Crippen LogP contribution < -0.4 is 16.8 Å². The molecule has 242 valence electrons. The van der Waals surface area contributed by atoms with E-state index in [4.69, 9.17) is 31.4 Å². The van der Waals surface area contributed by atoms with Crippen molar-refractivity contribution in [2.45, 2.75) is 88.5 Å². The summed E-state index contributed by atoms with van der Waals surface area (Å²) in [5, 5.41) is 3.53. The second-order valence-electron chi connectivity index (χ2n) is 15.2. The van der Waals surface area contributed by atoms with Gasteiger partial charge in [-0.15, -0.1) is 0 Å². The molecule has 0 fully saturated rings. The lowest BCUT2D eigenvalue weighted by Gasteiger charge is -2.26. The van der Waals surface area contributed by atoms with Crippen LogP contribution >= 0.6 is 63.7 Å². The van der Waals surface area contributed by atoms with Crippen molar-refractivity contribution in [3.63, 3.8) is 0 Å². The molecule has 12 heteroatoms. The molecule has 3 heterocycles. The molecular formula is C32H46Br4N8. The van der Waals surface area contributed by atoms with E-state index in [1.807, 2.05) is 0 Å². The van der Waals surface area contributed by atoms with E-state index in [9.17, 15) is 0 Å². The molecule has 0 amide bonds. The van der Waals surface area contributed by atoms with Crippen LogP contribution in [0.5, 0.6) is 0 Å². The van der Waals surface area contributed by atoms with Crippen molar-refractivity contribution < 1.29 is 0 Å². The van der Waals surface area contributed by atoms with Crippen LogP contribution in [0.2, 0.25) is 0 Å². The molecule has 1 aromatic rings. The molecule has 0 unspecified atom stereocenters. The number of anilines is 1. The summed E-state index contributed by atoms with van der Waals surface area (Å²) in [5.74, 6) is 3.37. The maximum Gasteiger partial charge on any atom is 0.171 e. The van der Waals surface area contributed by atoms with Crippen molar-refractivity contribution in [2.75, 3.05) is 18.8 Å². The number of aromatic nitrogens is 1. The monoisotopic (exact) mass is 858 g/mol. The van der Waals surface area contributed by atoms with Gasteiger partial charge in [0.2, 0.25) is 0 Å². The van der Waals surface area contributed by atoms with Crippen molar-refractivity contribution in [2.24, 2.45) is 41.9 Å². The lowest BCUT2D eigenvalue weighted by Crippen LogP contribution is -2.31. The highest BCUT2D eigenvalue weighted by Gasteiger charge is 2.34. The standard InChI is InChI=1S/C32H46Br4N8/c1-29(2,3)15(13-39-27-20(34)16(14-40-27)30(4,5)6)19(33)23(37)41-26-18(32(10,11)12)22(36)28(44-26)43-25-17(31(7,8)9)21(35)24(38)42-25/h42H,13-14,38H2,1-12H3,(H,39,40)(H2,37,41,43,44)/b19-15-. The molecule has 0 radical (unpaired) electrons. The average molecular weight is 862 g/mol. The molecule has 0 aromatic carbocycles. The molecule has 0 aliphatic carbocycles. The Kier molecular flexibility index (Phi) is 10.9. The van der Waals surface area contributed by atoms with Gasteiger partial charge in [0, 0.05) is 17.7 Å². The lowest BCUT2D eigenvalue weighted by atomic mass is 9.85. The fourth-order valence-electron chi connectivity index (χ4n) is 4.89. The molecule has 2 aliphatic rings. The number of H-pyrrole nitrogens is 1. The van der Waals surface area contributed by atoms with E-state index in [0.717, 1.165) is 40.5 Å². The van der Waals surface area contributed by atoms with Gasteiger partial charge in [0.15, 0.2) is 11.7 Å². The Morgan fingerprint density at radius 3 is 1.98 bits per heavy atom. The Hall–Kier alpha value is -1.50. The van der Waals surface area contributed by atoms with Gasteiger partial charge >= 0.3 is 0 Å². The summed E-state index contributed by atoms with van der Waals surface area (Å²) in [5.41, 5.74) is 16.5. The van der Waals surface area contributed by atoms with Gasteiger partial charge in [-0.25, -0.2) is 15.0 Å². The Balaban J connectivity index is 2.08. The Morgan fingerprint density at radius 1 is 0.909 bits per heavy atom. The highest BCUT2D eigenvalue weighted by atomic mass is 79.9. The maximum atomic E-state index is 6.72. The summed E-state index contributed by atoms with van der Waals surface area (Å²) in [6.45, 7) is 27.0. The van der Waals surface area contributed by atoms with E-state index in [2.05, 4.69) is 157 Å². The number of rotatable bonds is 4. The van der Waals surface area contributed by atoms with E-state index >= 15 is 0 Å². The molecule has 0 bridgehead atoms. The largest absolute Gasteiger partial charge is 0.384 e. The average Bonchev–Trinajstić information content (AvgIpc) is 3.45. The van der Waals surface area contributed by atoms with E-state index in [-0.39, 0.29) is 21.7 Å². The smallest absolute Gasteiger partial charge is 0.171 e. The zero-order chi connectivity index (χ0) is 33.7. The number of aromatic amines is 1. The first kappa shape index (κ1) is 37.0. The summed E-state index contributed by atoms with van der Waals surface area (Å²) < 4.78 is 3.33. The van der Waals surface area contributed by atoms with Gasteiger partial charge in [-0.1, -0.05) is 83.1 Å². The summed E-state index contributed by atoms with van der Waals surface area (Å²) >= 11 is 15.0. The van der Waals surface area contributed by atoms with Crippen molar-refractivity contribution in [3.8, 4) is 0 Å². The Labute approximate surface area is 296 Å². The van der Waals surface area contributed by atoms with Crippen LogP contribution in [0.25, 0.3) is 0 Å². The molecule has 0 atom stereocenters. The zero-order valence-electron chi connectivity index (χ0n) is 27.9. The third kappa shape index (κ3) is 8.07. The van der Waals surface area contributed by atoms with Crippen LogP contribution in [0.15, 0.2) is 54.6 Å². The topological polar surface area (TPSA) is 129 Å². The first-order valence-corrected chi connectivity index (χ1v) is 17.7. The van der Waals surface area contributed by atoms with E-state index in [1.54, 1.807) is 0 Å². The van der Waals surface area contributed by atoms with Gasteiger partial charge in [-0.05, 0) is 96.5 Å². The Morgan fingerprint density at radius 2 is 1.50 bits per heavy atom. The predicted octanol–water partition coefficient (Wildman–Crippen LogP) is 9.54. The van der Waals surface area contributed by atoms with Gasteiger partial charge < -0.3 is 21.8 Å². The van der Waals surface area contributed by atoms with Crippen LogP contribution in [-0.2, 0) is 5.41 Å². The number of nitrogens with zero attached hydrogens (tertiary/aromatic N) is 4. The summed E-state index contributed by atoms with van der Waals surface area (Å²) in [4.78, 5) is 22.6. The highest BCUT2D eigenvalue weighted by Crippen LogP contribution is 2.43. The number of nitrogen functional groups attached to an aromatic ring is 1. The van der Waals surface area contributed by atoms with Crippen LogP contribution in [0.1, 0.15) is 88.6 Å². The molecule has 1 aromatic heterocycles. The molecular weight excluding hydrogens is 816 g/mol. The van der Waals surface area contributed by atoms with E-state index in [0.29, 0.717) is 42.2 Å². The van der Waals surface area contributed by atoms with Crippen LogP contribution in [0, 0.1) is 16.2 Å². The molecule has 0 saturated carbocycles. The number of hydrogen-bond donors (Lipinski definition) is 4. The minimum Gasteiger partial charge on any atom is -0.384 e. The van der Waals surface area contributed by atoms with Gasteiger partial charge in [0.25, 0.3) is 0 Å². The van der Waals surface area contributed by atoms with Crippen molar-refractivity contribution >= 4 is 98.7 Å². The third-order valence-corrected chi connectivity index (χ3v) is 10.7. The quantitative estimate of drug-likeness (QED) is 0.178. The number of hydrogen-bond acceptors (Lipinski definition) is 5. The first-order chi connectivity index (χ1) is 19.9. The van der Waals surface area contributed by atoms with Crippen molar-refractivity contribution in [1.29, 1.82) is 0 Å². The molecule has 0 saturated heterocycles. The van der Waals surface area contributed by atoms with Crippen LogP contribution in [0.3, 0.4) is 0 Å². The molecule has 2 aliphatic heterocycles. The van der Waals surface area contributed by atoms with Crippen molar-refractivity contribution in [1.82, 2.24) is 10.3 Å². The summed E-state index contributed by atoms with van der Waals surface area (Å²) in [6, 6.07) is 0. The second-order valence-corrected chi connectivity index (χ2v) is 18.4. The number of nitrogens with one attached hydrogen (secondary N) is 2. The maximum absolute atomic E-state index is 6.72. The third-order valence-electron chi connectivity index (χ3n) is 7.34. The highest BCUT2D eigenvalue weighted by molar-refractivity contribution is 9.12. The zero-order valence-corrected chi connectivity index (χ0v) is 34.2. The fraction of sp³-hybridized carbons (Fsp3) is 0.562. The molecule has 3 rings (SSSR count). The number of halogens is 4. The molecule has 0 spiro atoms. The van der Waals surface area contributed by atoms with Crippen molar-refractivity contribution in [3.05, 3.63) is 40.2 Å². The van der Waals surface area contributed by atoms with Gasteiger partial charge in [0.05, 0.1) is 24.5 Å². The fourth-order valence-corrected chi connectivity index (χ4v) is 8.53. The SMILES string of the molecule is CC(C)(C)C1=C(Br)C(NC/C(=C(/Br)C(N)=NC2=NC(=Nc3[nH]c(N)c(Br)c3C(C)(C)C)C(Br)=C2C(C)(C)C)C(C)(C)C)=NC1. The lowest BCUT2D eigenvalue weighted by molar-refractivity contribution is 0.490. The van der Waals surface area contributed by atoms with Gasteiger partial charge in [0.1, 0.15) is 23.3 Å². The summed E-state index contributed by atoms with van der Waals surface area (Å²) in [6.07, 6.45) is 0. The minimum atomic E-state index is -0.296. The molecule has 44 heavy (non-hydrogen) atoms. The number of amidine groups is 4. The minimum absolute atomic E-state index is 0.0289. The summed E-state index contributed by atoms with van der Waals surface area (Å²) in [7, 11) is 0. The Bertz CT molecular complexity index is 1550. The number of nitrogens with two attached hydrogens (primary N) is 2. The van der Waals surface area contributed by atoms with Crippen LogP contribution in [0.4, 0.5) is 11.6 Å². The van der Waals surface area contributed by atoms with E-state index < -0.39 is 0 Å². The molecule has 6 N–H and O–H groups in total. The number of aliphatic imine (C=N–C) groups is 4. The second kappa shape index (κ2) is 13.0. The first-order valence-electron chi connectivity index (χ1n) is 14.5. The molecule has 8 nitrogen and oxygen atoms in total. The van der Waals surface area contributed by atoms with Gasteiger partial charge in [-0.3, -0.25) is 4.99 Å². The van der Waals surface area contributed by atoms with E-state index in [1.165, 1.54) is 5.57 Å². The normalized spacial score (nSPS) is 18.8.